The third kappa shape index (κ3) is 4.58. The average molecular weight is 351 g/mol. The van der Waals surface area contributed by atoms with Crippen molar-refractivity contribution in [2.45, 2.75) is 30.3 Å². The minimum atomic E-state index is -5.15. The number of alkyl halides is 6. The summed E-state index contributed by atoms with van der Waals surface area (Å²) in [6.45, 7) is 0.509. The van der Waals surface area contributed by atoms with Crippen molar-refractivity contribution >= 4 is 10.0 Å². The van der Waals surface area contributed by atoms with Crippen molar-refractivity contribution in [3.05, 3.63) is 29.3 Å². The number of nitrogens with one attached hydrogen (secondary N) is 1. The molecule has 2 N–H and O–H groups in total. The molecule has 11 heteroatoms. The molecule has 1 aromatic rings. The molecule has 0 radical (unpaired) electrons. The molecule has 0 aliphatic heterocycles. The van der Waals surface area contributed by atoms with Crippen LogP contribution in [0.4, 0.5) is 26.3 Å². The van der Waals surface area contributed by atoms with Crippen LogP contribution in [0, 0.1) is 0 Å². The number of benzene rings is 1. The summed E-state index contributed by atoms with van der Waals surface area (Å²) in [5.74, 6) is 0. The molecule has 0 unspecified atom stereocenters. The molecule has 22 heavy (non-hydrogen) atoms. The summed E-state index contributed by atoms with van der Waals surface area (Å²) < 4.78 is 101. The monoisotopic (exact) mass is 351 g/mol. The summed E-state index contributed by atoms with van der Waals surface area (Å²) in [5, 5.41) is 8.95. The van der Waals surface area contributed by atoms with Gasteiger partial charge in [-0.3, -0.25) is 0 Å². The van der Waals surface area contributed by atoms with E-state index in [0.29, 0.717) is 0 Å². The number of sulfonamides is 1. The summed E-state index contributed by atoms with van der Waals surface area (Å²) in [5.41, 5.74) is -3.25. The van der Waals surface area contributed by atoms with Crippen LogP contribution < -0.4 is 4.72 Å². The fourth-order valence-corrected chi connectivity index (χ4v) is 2.83. The Kier molecular flexibility index (Phi) is 5.15. The summed E-state index contributed by atoms with van der Waals surface area (Å²) in [4.78, 5) is -1.55. The van der Waals surface area contributed by atoms with Gasteiger partial charge in [-0.1, -0.05) is 0 Å². The van der Waals surface area contributed by atoms with Crippen molar-refractivity contribution in [3.63, 3.8) is 0 Å². The Morgan fingerprint density at radius 2 is 1.68 bits per heavy atom. The van der Waals surface area contributed by atoms with Gasteiger partial charge in [0.2, 0.25) is 10.0 Å². The molecule has 0 spiro atoms. The Morgan fingerprint density at radius 3 is 2.09 bits per heavy atom. The molecule has 1 aromatic carbocycles. The predicted octanol–water partition coefficient (Wildman–Crippen LogP) is 2.38. The highest BCUT2D eigenvalue weighted by Gasteiger charge is 2.40. The summed E-state index contributed by atoms with van der Waals surface area (Å²) in [6.07, 6.45) is -11.4. The lowest BCUT2D eigenvalue weighted by Crippen LogP contribution is -2.32. The van der Waals surface area contributed by atoms with Gasteiger partial charge in [-0.05, 0) is 25.1 Å². The lowest BCUT2D eigenvalue weighted by Gasteiger charge is -2.16. The zero-order chi connectivity index (χ0) is 17.3. The molecular weight excluding hydrogens is 340 g/mol. The van der Waals surface area contributed by atoms with E-state index in [1.807, 2.05) is 0 Å². The Labute approximate surface area is 121 Å². The van der Waals surface area contributed by atoms with Gasteiger partial charge in [-0.2, -0.15) is 26.3 Å². The average Bonchev–Trinajstić information content (AvgIpc) is 2.33. The first kappa shape index (κ1) is 18.7. The van der Waals surface area contributed by atoms with Crippen molar-refractivity contribution in [3.8, 4) is 0 Å². The van der Waals surface area contributed by atoms with Crippen LogP contribution in [0.3, 0.4) is 0 Å². The molecule has 0 saturated carbocycles. The van der Waals surface area contributed by atoms with E-state index in [1.165, 1.54) is 0 Å². The standard InChI is InChI=1S/C11H11F6NO3S/c1-6(19)5-18-22(20,21)9-4-7(10(12,13)14)2-3-8(9)11(15,16)17/h2-4,6,18-19H,5H2,1H3/t6-/m1/s1. The van der Waals surface area contributed by atoms with E-state index in [0.717, 1.165) is 6.92 Å². The first-order chi connectivity index (χ1) is 9.75. The third-order valence-electron chi connectivity index (χ3n) is 2.47. The second-order valence-corrected chi connectivity index (χ2v) is 6.14. The topological polar surface area (TPSA) is 66.4 Å². The molecule has 1 atom stereocenters. The lowest BCUT2D eigenvalue weighted by atomic mass is 10.1. The second kappa shape index (κ2) is 6.05. The molecule has 4 nitrogen and oxygen atoms in total. The molecule has 0 fully saturated rings. The molecule has 0 aromatic heterocycles. The molecule has 0 aliphatic rings. The first-order valence-electron chi connectivity index (χ1n) is 5.71. The van der Waals surface area contributed by atoms with E-state index < -0.39 is 51.0 Å². The van der Waals surface area contributed by atoms with Crippen LogP contribution in [0.15, 0.2) is 23.1 Å². The van der Waals surface area contributed by atoms with Crippen molar-refractivity contribution in [2.24, 2.45) is 0 Å². The molecule has 0 aliphatic carbocycles. The largest absolute Gasteiger partial charge is 0.417 e. The maximum Gasteiger partial charge on any atom is 0.417 e. The maximum absolute atomic E-state index is 12.8. The molecule has 0 saturated heterocycles. The van der Waals surface area contributed by atoms with Gasteiger partial charge in [0.1, 0.15) is 0 Å². The molecule has 0 heterocycles. The number of hydrogen-bond donors (Lipinski definition) is 2. The number of aliphatic hydroxyl groups excluding tert-OH is 1. The van der Waals surface area contributed by atoms with Crippen LogP contribution in [0.5, 0.6) is 0 Å². The van der Waals surface area contributed by atoms with E-state index in [1.54, 1.807) is 4.72 Å². The highest BCUT2D eigenvalue weighted by atomic mass is 32.2. The van der Waals surface area contributed by atoms with Crippen LogP contribution in [-0.4, -0.2) is 26.2 Å². The van der Waals surface area contributed by atoms with Gasteiger partial charge in [0.05, 0.1) is 22.1 Å². The zero-order valence-corrected chi connectivity index (χ0v) is 11.8. The van der Waals surface area contributed by atoms with E-state index in [9.17, 15) is 34.8 Å². The van der Waals surface area contributed by atoms with Crippen LogP contribution >= 0.6 is 0 Å². The van der Waals surface area contributed by atoms with Gasteiger partial charge in [-0.15, -0.1) is 0 Å². The smallest absolute Gasteiger partial charge is 0.392 e. The Hall–Kier alpha value is -1.33. The van der Waals surface area contributed by atoms with E-state index in [-0.39, 0.29) is 18.2 Å². The number of hydrogen-bond acceptors (Lipinski definition) is 3. The number of rotatable bonds is 4. The molecule has 1 rings (SSSR count). The van der Waals surface area contributed by atoms with Crippen molar-refractivity contribution in [1.29, 1.82) is 0 Å². The molecule has 0 bridgehead atoms. The van der Waals surface area contributed by atoms with Gasteiger partial charge in [-0.25, -0.2) is 13.1 Å². The zero-order valence-electron chi connectivity index (χ0n) is 11.0. The van der Waals surface area contributed by atoms with E-state index in [4.69, 9.17) is 5.11 Å². The van der Waals surface area contributed by atoms with Crippen LogP contribution in [-0.2, 0) is 22.4 Å². The number of aliphatic hydroxyl groups is 1. The van der Waals surface area contributed by atoms with Gasteiger partial charge >= 0.3 is 12.4 Å². The fraction of sp³-hybridized carbons (Fsp3) is 0.455. The molecule has 126 valence electrons. The normalized spacial score (nSPS) is 14.9. The van der Waals surface area contributed by atoms with Gasteiger partial charge in [0.15, 0.2) is 0 Å². The fourth-order valence-electron chi connectivity index (χ4n) is 1.46. The highest BCUT2D eigenvalue weighted by molar-refractivity contribution is 7.89. The van der Waals surface area contributed by atoms with Crippen molar-refractivity contribution in [2.75, 3.05) is 6.54 Å². The maximum atomic E-state index is 12.8. The predicted molar refractivity (Wildman–Crippen MR) is 63.3 cm³/mol. The summed E-state index contributed by atoms with van der Waals surface area (Å²) in [6, 6.07) is 0.115. The quantitative estimate of drug-likeness (QED) is 0.819. The van der Waals surface area contributed by atoms with Crippen LogP contribution in [0.25, 0.3) is 0 Å². The first-order valence-corrected chi connectivity index (χ1v) is 7.19. The SMILES string of the molecule is C[C@@H](O)CNS(=O)(=O)c1cc(C(F)(F)F)ccc1C(F)(F)F. The van der Waals surface area contributed by atoms with Gasteiger partial charge < -0.3 is 5.11 Å². The van der Waals surface area contributed by atoms with Gasteiger partial charge in [0, 0.05) is 6.54 Å². The Morgan fingerprint density at radius 1 is 1.14 bits per heavy atom. The van der Waals surface area contributed by atoms with Crippen molar-refractivity contribution in [1.82, 2.24) is 4.72 Å². The Balaban J connectivity index is 3.47. The minimum Gasteiger partial charge on any atom is -0.392 e. The van der Waals surface area contributed by atoms with Crippen molar-refractivity contribution < 1.29 is 39.9 Å². The van der Waals surface area contributed by atoms with Crippen LogP contribution in [0.1, 0.15) is 18.1 Å². The van der Waals surface area contributed by atoms with E-state index in [2.05, 4.69) is 0 Å². The van der Waals surface area contributed by atoms with Crippen LogP contribution in [0.2, 0.25) is 0 Å². The summed E-state index contributed by atoms with van der Waals surface area (Å²) in [7, 11) is -4.88. The minimum absolute atomic E-state index is 0.0553. The molecular formula is C11H11F6NO3S. The van der Waals surface area contributed by atoms with Gasteiger partial charge in [0.25, 0.3) is 0 Å². The highest BCUT2D eigenvalue weighted by Crippen LogP contribution is 2.38. The second-order valence-electron chi connectivity index (χ2n) is 4.41. The number of halogens is 6. The molecule has 0 amide bonds. The third-order valence-corrected chi connectivity index (χ3v) is 3.94. The lowest BCUT2D eigenvalue weighted by molar-refractivity contribution is -0.143. The Bertz CT molecular complexity index is 636. The summed E-state index contributed by atoms with van der Waals surface area (Å²) >= 11 is 0. The van der Waals surface area contributed by atoms with E-state index >= 15 is 0 Å².